The SMILES string of the molecule is Cc1sc(C2CN=C(N)N2C)cc1Br. The van der Waals surface area contributed by atoms with Gasteiger partial charge in [-0.2, -0.15) is 0 Å². The predicted octanol–water partition coefficient (Wildman–Crippen LogP) is 2.12. The molecule has 2 rings (SSSR count). The lowest BCUT2D eigenvalue weighted by molar-refractivity contribution is 0.420. The number of hydrogen-bond acceptors (Lipinski definition) is 4. The number of rotatable bonds is 1. The third-order valence-corrected chi connectivity index (χ3v) is 4.70. The minimum atomic E-state index is 0.324. The third-order valence-electron chi connectivity index (χ3n) is 2.46. The summed E-state index contributed by atoms with van der Waals surface area (Å²) in [5, 5.41) is 0. The van der Waals surface area contributed by atoms with Gasteiger partial charge in [0.1, 0.15) is 0 Å². The standard InChI is InChI=1S/C9H12BrN3S/c1-5-6(10)3-8(14-5)7-4-12-9(11)13(7)2/h3,7H,4H2,1-2H3,(H2,11,12). The van der Waals surface area contributed by atoms with Crippen LogP contribution in [0.4, 0.5) is 0 Å². The summed E-state index contributed by atoms with van der Waals surface area (Å²) in [7, 11) is 1.99. The number of aliphatic imine (C=N–C) groups is 1. The van der Waals surface area contributed by atoms with Crippen LogP contribution < -0.4 is 5.73 Å². The second kappa shape index (κ2) is 3.55. The highest BCUT2D eigenvalue weighted by Crippen LogP contribution is 2.34. The van der Waals surface area contributed by atoms with E-state index in [4.69, 9.17) is 5.73 Å². The van der Waals surface area contributed by atoms with Crippen molar-refractivity contribution >= 4 is 33.2 Å². The van der Waals surface area contributed by atoms with Crippen molar-refractivity contribution in [2.75, 3.05) is 13.6 Å². The maximum atomic E-state index is 5.72. The lowest BCUT2D eigenvalue weighted by Crippen LogP contribution is -2.31. The van der Waals surface area contributed by atoms with Crippen LogP contribution in [0.3, 0.4) is 0 Å². The van der Waals surface area contributed by atoms with Gasteiger partial charge in [-0.25, -0.2) is 0 Å². The van der Waals surface area contributed by atoms with Crippen molar-refractivity contribution in [2.24, 2.45) is 10.7 Å². The molecule has 1 aliphatic heterocycles. The Morgan fingerprint density at radius 1 is 1.71 bits per heavy atom. The van der Waals surface area contributed by atoms with Crippen LogP contribution in [0, 0.1) is 6.92 Å². The molecule has 2 N–H and O–H groups in total. The first kappa shape index (κ1) is 9.98. The Labute approximate surface area is 95.8 Å². The van der Waals surface area contributed by atoms with Crippen molar-refractivity contribution in [1.82, 2.24) is 4.90 Å². The zero-order valence-corrected chi connectivity index (χ0v) is 10.5. The van der Waals surface area contributed by atoms with E-state index >= 15 is 0 Å². The van der Waals surface area contributed by atoms with Gasteiger partial charge in [0.15, 0.2) is 5.96 Å². The van der Waals surface area contributed by atoms with Crippen LogP contribution in [0.25, 0.3) is 0 Å². The summed E-state index contributed by atoms with van der Waals surface area (Å²) >= 11 is 5.32. The third kappa shape index (κ3) is 1.54. The van der Waals surface area contributed by atoms with Crippen LogP contribution in [0.2, 0.25) is 0 Å². The fourth-order valence-electron chi connectivity index (χ4n) is 1.50. The fraction of sp³-hybridized carbons (Fsp3) is 0.444. The Bertz CT molecular complexity index is 366. The molecule has 0 amide bonds. The number of nitrogens with zero attached hydrogens (tertiary/aromatic N) is 2. The van der Waals surface area contributed by atoms with Crippen LogP contribution in [0.5, 0.6) is 0 Å². The highest BCUT2D eigenvalue weighted by Gasteiger charge is 2.25. The molecule has 1 atom stereocenters. The van der Waals surface area contributed by atoms with Crippen molar-refractivity contribution < 1.29 is 0 Å². The molecule has 0 saturated carbocycles. The lowest BCUT2D eigenvalue weighted by Gasteiger charge is -2.19. The van der Waals surface area contributed by atoms with Gasteiger partial charge < -0.3 is 10.6 Å². The van der Waals surface area contributed by atoms with Crippen molar-refractivity contribution in [3.05, 3.63) is 20.3 Å². The molecule has 1 aliphatic rings. The molecule has 76 valence electrons. The van der Waals surface area contributed by atoms with E-state index < -0.39 is 0 Å². The van der Waals surface area contributed by atoms with Crippen molar-refractivity contribution in [3.8, 4) is 0 Å². The zero-order valence-electron chi connectivity index (χ0n) is 8.12. The molecule has 0 radical (unpaired) electrons. The van der Waals surface area contributed by atoms with Crippen molar-refractivity contribution in [1.29, 1.82) is 0 Å². The number of guanidine groups is 1. The second-order valence-electron chi connectivity index (χ2n) is 3.38. The van der Waals surface area contributed by atoms with Crippen LogP contribution in [0.15, 0.2) is 15.5 Å². The van der Waals surface area contributed by atoms with Gasteiger partial charge in [-0.15, -0.1) is 11.3 Å². The normalized spacial score (nSPS) is 21.5. The summed E-state index contributed by atoms with van der Waals surface area (Å²) in [4.78, 5) is 8.88. The van der Waals surface area contributed by atoms with Crippen molar-refractivity contribution in [2.45, 2.75) is 13.0 Å². The Morgan fingerprint density at radius 2 is 2.43 bits per heavy atom. The van der Waals surface area contributed by atoms with Gasteiger partial charge in [-0.3, -0.25) is 4.99 Å². The van der Waals surface area contributed by atoms with Crippen LogP contribution in [-0.2, 0) is 0 Å². The van der Waals surface area contributed by atoms with Gasteiger partial charge in [0.2, 0.25) is 0 Å². The summed E-state index contributed by atoms with van der Waals surface area (Å²) in [5.41, 5.74) is 5.72. The molecule has 0 fully saturated rings. The molecular formula is C9H12BrN3S. The number of likely N-dealkylation sites (N-methyl/N-ethyl adjacent to an activating group) is 1. The molecule has 14 heavy (non-hydrogen) atoms. The molecule has 0 aromatic carbocycles. The Balaban J connectivity index is 2.25. The number of halogens is 1. The average molecular weight is 274 g/mol. The molecule has 0 bridgehead atoms. The highest BCUT2D eigenvalue weighted by molar-refractivity contribution is 9.10. The summed E-state index contributed by atoms with van der Waals surface area (Å²) in [6.45, 7) is 2.88. The summed E-state index contributed by atoms with van der Waals surface area (Å²) < 4.78 is 1.18. The second-order valence-corrected chi connectivity index (χ2v) is 5.52. The van der Waals surface area contributed by atoms with E-state index in [1.807, 2.05) is 11.9 Å². The topological polar surface area (TPSA) is 41.6 Å². The maximum absolute atomic E-state index is 5.72. The quantitative estimate of drug-likeness (QED) is 0.852. The molecule has 1 unspecified atom stereocenters. The minimum absolute atomic E-state index is 0.324. The van der Waals surface area contributed by atoms with Gasteiger partial charge in [-0.1, -0.05) is 0 Å². The average Bonchev–Trinajstić information content (AvgIpc) is 2.61. The smallest absolute Gasteiger partial charge is 0.191 e. The fourth-order valence-corrected chi connectivity index (χ4v) is 3.20. The Kier molecular flexibility index (Phi) is 2.53. The summed E-state index contributed by atoms with van der Waals surface area (Å²) in [6, 6.07) is 2.49. The molecule has 5 heteroatoms. The van der Waals surface area contributed by atoms with Gasteiger partial charge >= 0.3 is 0 Å². The zero-order chi connectivity index (χ0) is 10.3. The monoisotopic (exact) mass is 273 g/mol. The van der Waals surface area contributed by atoms with E-state index in [0.29, 0.717) is 12.0 Å². The molecule has 0 saturated heterocycles. The molecule has 0 spiro atoms. The predicted molar refractivity (Wildman–Crippen MR) is 63.7 cm³/mol. The van der Waals surface area contributed by atoms with E-state index in [2.05, 4.69) is 33.9 Å². The number of aryl methyl sites for hydroxylation is 1. The van der Waals surface area contributed by atoms with Crippen molar-refractivity contribution in [3.63, 3.8) is 0 Å². The first-order valence-corrected chi connectivity index (χ1v) is 5.99. The number of nitrogens with two attached hydrogens (primary N) is 1. The Morgan fingerprint density at radius 3 is 2.86 bits per heavy atom. The van der Waals surface area contributed by atoms with E-state index in [9.17, 15) is 0 Å². The van der Waals surface area contributed by atoms with E-state index in [1.165, 1.54) is 14.2 Å². The summed E-state index contributed by atoms with van der Waals surface area (Å²) in [6.07, 6.45) is 0. The number of thiophene rings is 1. The first-order chi connectivity index (χ1) is 6.59. The molecule has 3 nitrogen and oxygen atoms in total. The largest absolute Gasteiger partial charge is 0.370 e. The number of hydrogen-bond donors (Lipinski definition) is 1. The summed E-state index contributed by atoms with van der Waals surface area (Å²) in [5.74, 6) is 0.636. The van der Waals surface area contributed by atoms with Gasteiger partial charge in [0, 0.05) is 21.3 Å². The van der Waals surface area contributed by atoms with E-state index in [-0.39, 0.29) is 0 Å². The maximum Gasteiger partial charge on any atom is 0.191 e. The van der Waals surface area contributed by atoms with Gasteiger partial charge in [-0.05, 0) is 28.9 Å². The molecular weight excluding hydrogens is 262 g/mol. The van der Waals surface area contributed by atoms with Crippen LogP contribution in [-0.4, -0.2) is 24.5 Å². The lowest BCUT2D eigenvalue weighted by atomic mass is 10.2. The Hall–Kier alpha value is -0.550. The first-order valence-electron chi connectivity index (χ1n) is 4.38. The molecule has 1 aromatic rings. The van der Waals surface area contributed by atoms with Crippen LogP contribution >= 0.6 is 27.3 Å². The molecule has 1 aromatic heterocycles. The van der Waals surface area contributed by atoms with E-state index in [0.717, 1.165) is 6.54 Å². The van der Waals surface area contributed by atoms with E-state index in [1.54, 1.807) is 11.3 Å². The van der Waals surface area contributed by atoms with Gasteiger partial charge in [0.05, 0.1) is 12.6 Å². The van der Waals surface area contributed by atoms with Crippen LogP contribution in [0.1, 0.15) is 15.8 Å². The molecule has 2 heterocycles. The minimum Gasteiger partial charge on any atom is -0.370 e. The highest BCUT2D eigenvalue weighted by atomic mass is 79.9. The molecule has 0 aliphatic carbocycles. The van der Waals surface area contributed by atoms with Gasteiger partial charge in [0.25, 0.3) is 0 Å².